The lowest BCUT2D eigenvalue weighted by molar-refractivity contribution is -0.809. The largest absolute Gasteiger partial charge is 0.858 e. The molecule has 0 aliphatic carbocycles. The fourth-order valence-electron chi connectivity index (χ4n) is 2.42. The molecule has 3 aromatic rings. The number of aromatic nitrogens is 2. The molecular weight excluding hydrogens is 396 g/mol. The lowest BCUT2D eigenvalue weighted by atomic mass is 10.2. The lowest BCUT2D eigenvalue weighted by Crippen LogP contribution is -2.39. The summed E-state index contributed by atoms with van der Waals surface area (Å²) in [5.41, 5.74) is 0.337. The van der Waals surface area contributed by atoms with Crippen molar-refractivity contribution in [2.75, 3.05) is 0 Å². The molecule has 29 heavy (non-hydrogen) atoms. The van der Waals surface area contributed by atoms with E-state index in [1.54, 1.807) is 30.3 Å². The maximum atomic E-state index is 12.4. The van der Waals surface area contributed by atoms with Gasteiger partial charge in [0.2, 0.25) is 5.27 Å². The second-order valence-electron chi connectivity index (χ2n) is 6.20. The minimum atomic E-state index is -0.575. The molecule has 0 spiro atoms. The molecule has 1 aromatic heterocycles. The van der Waals surface area contributed by atoms with Crippen LogP contribution in [0.25, 0.3) is 0 Å². The van der Waals surface area contributed by atoms with Crippen molar-refractivity contribution in [3.8, 4) is 0 Å². The molecule has 0 saturated carbocycles. The van der Waals surface area contributed by atoms with Gasteiger partial charge in [-0.1, -0.05) is 30.3 Å². The molecule has 0 fully saturated rings. The van der Waals surface area contributed by atoms with E-state index in [4.69, 9.17) is 4.52 Å². The average molecular weight is 412 g/mol. The highest BCUT2D eigenvalue weighted by Gasteiger charge is 2.29. The monoisotopic (exact) mass is 412 g/mol. The van der Waals surface area contributed by atoms with Crippen LogP contribution < -0.4 is 9.79 Å². The number of aldehydes is 1. The van der Waals surface area contributed by atoms with Crippen molar-refractivity contribution in [3.63, 3.8) is 0 Å². The van der Waals surface area contributed by atoms with Gasteiger partial charge in [0.15, 0.2) is 12.3 Å². The molecule has 148 valence electrons. The third kappa shape index (κ3) is 4.49. The van der Waals surface area contributed by atoms with Crippen molar-refractivity contribution < 1.29 is 24.0 Å². The molecule has 0 atom stereocenters. The van der Waals surface area contributed by atoms with Gasteiger partial charge in [0.1, 0.15) is 0 Å². The summed E-state index contributed by atoms with van der Waals surface area (Å²) in [5, 5.41) is 27.7. The van der Waals surface area contributed by atoms with E-state index in [9.17, 15) is 20.0 Å². The van der Waals surface area contributed by atoms with Crippen LogP contribution in [0.4, 0.5) is 11.6 Å². The van der Waals surface area contributed by atoms with E-state index in [2.05, 4.69) is 10.3 Å². The summed E-state index contributed by atoms with van der Waals surface area (Å²) < 4.78 is 6.79. The Morgan fingerprint density at radius 2 is 2.00 bits per heavy atom. The molecule has 10 heteroatoms. The van der Waals surface area contributed by atoms with Gasteiger partial charge < -0.3 is 5.11 Å². The van der Waals surface area contributed by atoms with Gasteiger partial charge in [-0.15, -0.1) is 0 Å². The number of nitro groups is 1. The van der Waals surface area contributed by atoms with Gasteiger partial charge in [-0.25, -0.2) is 4.99 Å². The number of hydrogen-bond acceptors (Lipinski definition) is 8. The van der Waals surface area contributed by atoms with Gasteiger partial charge in [0.05, 0.1) is 4.92 Å². The predicted octanol–water partition coefficient (Wildman–Crippen LogP) is 2.85. The summed E-state index contributed by atoms with van der Waals surface area (Å²) in [6, 6.07) is 12.3. The Morgan fingerprint density at radius 3 is 2.62 bits per heavy atom. The van der Waals surface area contributed by atoms with Crippen LogP contribution in [0.5, 0.6) is 0 Å². The van der Waals surface area contributed by atoms with Crippen LogP contribution in [0.15, 0.2) is 68.0 Å². The minimum absolute atomic E-state index is 0.00671. The summed E-state index contributed by atoms with van der Waals surface area (Å²) in [4.78, 5) is 26.3. The highest BCUT2D eigenvalue weighted by molar-refractivity contribution is 7.99. The first-order valence-electron chi connectivity index (χ1n) is 8.54. The zero-order chi connectivity index (χ0) is 21.0. The van der Waals surface area contributed by atoms with Crippen LogP contribution in [0.2, 0.25) is 0 Å². The first kappa shape index (κ1) is 20.2. The molecule has 0 N–H and O–H groups in total. The Morgan fingerprint density at radius 1 is 1.28 bits per heavy atom. The van der Waals surface area contributed by atoms with Crippen molar-refractivity contribution >= 4 is 35.5 Å². The van der Waals surface area contributed by atoms with E-state index < -0.39 is 10.8 Å². The fourth-order valence-corrected chi connectivity index (χ4v) is 3.50. The Balaban J connectivity index is 2.04. The third-order valence-corrected chi connectivity index (χ3v) is 5.00. The van der Waals surface area contributed by atoms with E-state index in [-0.39, 0.29) is 23.2 Å². The van der Waals surface area contributed by atoms with Crippen LogP contribution in [0.1, 0.15) is 35.8 Å². The number of nitro benzene ring substituents is 1. The summed E-state index contributed by atoms with van der Waals surface area (Å²) in [5.74, 6) is -0.508. The molecule has 2 aromatic carbocycles. The standard InChI is InChI=1S/C19H16N4O5S/c1-12(2)22-19(29-16-9-8-15(23(26)27)10-14(16)11-24)18(28-21-22)20-17(25)13-6-4-3-5-7-13/h3-12H,1-2H3. The van der Waals surface area contributed by atoms with Crippen molar-refractivity contribution in [2.24, 2.45) is 4.99 Å². The second kappa shape index (κ2) is 8.65. The van der Waals surface area contributed by atoms with Gasteiger partial charge in [-0.2, -0.15) is 0 Å². The molecule has 0 aliphatic rings. The summed E-state index contributed by atoms with van der Waals surface area (Å²) in [7, 11) is 0. The number of aliphatic imine (C=N–C) groups is 1. The van der Waals surface area contributed by atoms with Gasteiger partial charge in [-0.3, -0.25) is 19.4 Å². The highest BCUT2D eigenvalue weighted by atomic mass is 32.2. The number of benzene rings is 2. The molecule has 0 aliphatic heterocycles. The molecule has 0 amide bonds. The van der Waals surface area contributed by atoms with E-state index in [1.165, 1.54) is 22.9 Å². The van der Waals surface area contributed by atoms with Crippen LogP contribution in [0.3, 0.4) is 0 Å². The van der Waals surface area contributed by atoms with Gasteiger partial charge >= 0.3 is 10.9 Å². The molecule has 9 nitrogen and oxygen atoms in total. The second-order valence-corrected chi connectivity index (χ2v) is 7.23. The number of hydrogen-bond donors (Lipinski definition) is 0. The smallest absolute Gasteiger partial charge is 0.339 e. The van der Waals surface area contributed by atoms with Crippen LogP contribution in [-0.2, 0) is 0 Å². The van der Waals surface area contributed by atoms with Gasteiger partial charge in [0.25, 0.3) is 5.69 Å². The van der Waals surface area contributed by atoms with Crippen molar-refractivity contribution in [3.05, 3.63) is 69.8 Å². The lowest BCUT2D eigenvalue weighted by Gasteiger charge is -2.08. The molecule has 0 saturated heterocycles. The molecule has 1 heterocycles. The summed E-state index contributed by atoms with van der Waals surface area (Å²) in [6.07, 6.45) is 0.536. The van der Waals surface area contributed by atoms with Crippen molar-refractivity contribution in [1.29, 1.82) is 0 Å². The molecule has 0 bridgehead atoms. The first-order chi connectivity index (χ1) is 13.9. The normalized spacial score (nSPS) is 11.6. The van der Waals surface area contributed by atoms with E-state index >= 15 is 0 Å². The molecule has 0 unspecified atom stereocenters. The van der Waals surface area contributed by atoms with E-state index in [0.29, 0.717) is 21.8 Å². The molecular formula is C19H16N4O5S. The average Bonchev–Trinajstić information content (AvgIpc) is 3.11. The predicted molar refractivity (Wildman–Crippen MR) is 102 cm³/mol. The van der Waals surface area contributed by atoms with Gasteiger partial charge in [-0.05, 0) is 34.0 Å². The third-order valence-electron chi connectivity index (χ3n) is 3.86. The quantitative estimate of drug-likeness (QED) is 0.146. The van der Waals surface area contributed by atoms with Crippen LogP contribution >= 0.6 is 11.8 Å². The topological polar surface area (TPSA) is 126 Å². The molecule has 3 rings (SSSR count). The van der Waals surface area contributed by atoms with Crippen molar-refractivity contribution in [1.82, 2.24) is 5.27 Å². The highest BCUT2D eigenvalue weighted by Crippen LogP contribution is 2.36. The minimum Gasteiger partial charge on any atom is -0.858 e. The maximum absolute atomic E-state index is 12.4. The Labute approximate surface area is 169 Å². The Kier molecular flexibility index (Phi) is 6.03. The Hall–Kier alpha value is -3.53. The molecule has 0 radical (unpaired) electrons. The summed E-state index contributed by atoms with van der Waals surface area (Å²) >= 11 is 1.09. The van der Waals surface area contributed by atoms with Crippen LogP contribution in [-0.4, -0.2) is 22.4 Å². The van der Waals surface area contributed by atoms with Gasteiger partial charge in [0, 0.05) is 36.4 Å². The Bertz CT molecular complexity index is 1080. The SMILES string of the molecule is CC(C)[n+]1noc(/N=C(\[O-])c2ccccc2)c1Sc1ccc([N+](=O)[O-])cc1C=O. The number of nitrogens with zero attached hydrogens (tertiary/aromatic N) is 4. The van der Waals surface area contributed by atoms with Crippen molar-refractivity contribution in [2.45, 2.75) is 29.8 Å². The van der Waals surface area contributed by atoms with E-state index in [1.807, 2.05) is 13.8 Å². The van der Waals surface area contributed by atoms with E-state index in [0.717, 1.165) is 11.8 Å². The number of rotatable bonds is 7. The number of carbonyl (C=O) groups is 1. The fraction of sp³-hybridized carbons (Fsp3) is 0.158. The zero-order valence-electron chi connectivity index (χ0n) is 15.5. The number of carbonyl (C=O) groups excluding carboxylic acids is 1. The van der Waals surface area contributed by atoms with Crippen LogP contribution in [0, 0.1) is 10.1 Å². The zero-order valence-corrected chi connectivity index (χ0v) is 16.3. The summed E-state index contributed by atoms with van der Waals surface area (Å²) in [6.45, 7) is 3.73. The maximum Gasteiger partial charge on any atom is 0.339 e. The first-order valence-corrected chi connectivity index (χ1v) is 9.36. The number of non-ortho nitro benzene ring substituents is 1.